The highest BCUT2D eigenvalue weighted by atomic mass is 16.6. The molecule has 6 heteroatoms. The molecule has 0 aliphatic rings. The Labute approximate surface area is 183 Å². The van der Waals surface area contributed by atoms with Gasteiger partial charge in [0.15, 0.2) is 0 Å². The summed E-state index contributed by atoms with van der Waals surface area (Å²) in [5.74, 6) is 6.35. The Bertz CT molecular complexity index is 1080. The van der Waals surface area contributed by atoms with Crippen LogP contribution < -0.4 is 5.73 Å². The molecule has 0 saturated heterocycles. The highest BCUT2D eigenvalue weighted by molar-refractivity contribution is 5.68. The summed E-state index contributed by atoms with van der Waals surface area (Å²) in [5.41, 5.74) is 8.44. The van der Waals surface area contributed by atoms with Crippen LogP contribution in [-0.2, 0) is 17.8 Å². The van der Waals surface area contributed by atoms with Crippen LogP contribution in [0, 0.1) is 11.8 Å². The van der Waals surface area contributed by atoms with Gasteiger partial charge in [-0.15, -0.1) is 0 Å². The van der Waals surface area contributed by atoms with Crippen LogP contribution in [0.4, 0.5) is 10.7 Å². The van der Waals surface area contributed by atoms with Gasteiger partial charge >= 0.3 is 6.09 Å². The Morgan fingerprint density at radius 2 is 1.55 bits per heavy atom. The first kappa shape index (κ1) is 21.8. The van der Waals surface area contributed by atoms with E-state index in [9.17, 15) is 4.79 Å². The van der Waals surface area contributed by atoms with Gasteiger partial charge in [-0.1, -0.05) is 54.3 Å². The number of carbonyl (C=O) groups excluding carboxylic acids is 1. The summed E-state index contributed by atoms with van der Waals surface area (Å²) in [6.07, 6.45) is 2.82. The molecule has 1 heterocycles. The third-order valence-corrected chi connectivity index (χ3v) is 4.19. The summed E-state index contributed by atoms with van der Waals surface area (Å²) >= 11 is 0. The monoisotopic (exact) mass is 414 g/mol. The molecule has 0 atom stereocenters. The van der Waals surface area contributed by atoms with E-state index in [1.807, 2.05) is 75.4 Å². The summed E-state index contributed by atoms with van der Waals surface area (Å²) < 4.78 is 5.62. The second kappa shape index (κ2) is 9.77. The van der Waals surface area contributed by atoms with Gasteiger partial charge in [-0.05, 0) is 44.0 Å². The van der Waals surface area contributed by atoms with Crippen molar-refractivity contribution in [3.05, 3.63) is 89.2 Å². The smallest absolute Gasteiger partial charge is 0.410 e. The van der Waals surface area contributed by atoms with E-state index in [-0.39, 0.29) is 12.0 Å². The standard InChI is InChI=1S/C25H26N4O2/c1-25(2,3)31-24(30)29(17-20-8-5-4-6-9-20)18-21-11-7-10-19(14-21)12-13-22-15-27-23(26)28-16-22/h4-11,14-16H,17-18H2,1-3H3,(H2,26,27,28). The maximum atomic E-state index is 12.8. The first-order chi connectivity index (χ1) is 14.8. The molecule has 0 saturated carbocycles. The molecule has 31 heavy (non-hydrogen) atoms. The highest BCUT2D eigenvalue weighted by Crippen LogP contribution is 2.16. The largest absolute Gasteiger partial charge is 0.444 e. The van der Waals surface area contributed by atoms with E-state index in [0.717, 1.165) is 16.7 Å². The molecule has 0 fully saturated rings. The zero-order valence-corrected chi connectivity index (χ0v) is 18.0. The number of nitrogen functional groups attached to an aromatic ring is 1. The third kappa shape index (κ3) is 7.16. The number of hydrogen-bond donors (Lipinski definition) is 1. The van der Waals surface area contributed by atoms with Gasteiger partial charge in [0.1, 0.15) is 5.60 Å². The minimum Gasteiger partial charge on any atom is -0.444 e. The minimum absolute atomic E-state index is 0.216. The molecule has 1 aromatic heterocycles. The van der Waals surface area contributed by atoms with Crippen molar-refractivity contribution in [2.24, 2.45) is 0 Å². The fraction of sp³-hybridized carbons (Fsp3) is 0.240. The van der Waals surface area contributed by atoms with Crippen molar-refractivity contribution in [2.75, 3.05) is 5.73 Å². The Morgan fingerprint density at radius 3 is 2.23 bits per heavy atom. The Morgan fingerprint density at radius 1 is 0.935 bits per heavy atom. The SMILES string of the molecule is CC(C)(C)OC(=O)N(Cc1ccccc1)Cc1cccc(C#Cc2cnc(N)nc2)c1. The summed E-state index contributed by atoms with van der Waals surface area (Å²) in [5, 5.41) is 0. The second-order valence-corrected chi connectivity index (χ2v) is 8.10. The molecule has 3 rings (SSSR count). The molecule has 1 amide bonds. The fourth-order valence-corrected chi connectivity index (χ4v) is 2.83. The number of rotatable bonds is 4. The maximum Gasteiger partial charge on any atom is 0.410 e. The van der Waals surface area contributed by atoms with Gasteiger partial charge in [-0.2, -0.15) is 0 Å². The number of anilines is 1. The van der Waals surface area contributed by atoms with Gasteiger partial charge in [-0.25, -0.2) is 14.8 Å². The third-order valence-electron chi connectivity index (χ3n) is 4.19. The molecule has 0 aliphatic heterocycles. The topological polar surface area (TPSA) is 81.3 Å². The van der Waals surface area contributed by atoms with E-state index < -0.39 is 5.60 Å². The summed E-state index contributed by atoms with van der Waals surface area (Å²) in [6.45, 7) is 6.45. The number of nitrogens with zero attached hydrogens (tertiary/aromatic N) is 3. The number of hydrogen-bond acceptors (Lipinski definition) is 5. The number of amides is 1. The van der Waals surface area contributed by atoms with E-state index in [1.165, 1.54) is 0 Å². The summed E-state index contributed by atoms with van der Waals surface area (Å²) in [6, 6.07) is 17.6. The molecule has 3 aromatic rings. The van der Waals surface area contributed by atoms with Crippen LogP contribution in [0.2, 0.25) is 0 Å². The Hall–Kier alpha value is -3.85. The number of aromatic nitrogens is 2. The van der Waals surface area contributed by atoms with E-state index in [2.05, 4.69) is 21.8 Å². The van der Waals surface area contributed by atoms with Crippen molar-refractivity contribution in [3.63, 3.8) is 0 Å². The summed E-state index contributed by atoms with van der Waals surface area (Å²) in [4.78, 5) is 22.4. The van der Waals surface area contributed by atoms with Crippen molar-refractivity contribution in [3.8, 4) is 11.8 Å². The number of nitrogens with two attached hydrogens (primary N) is 1. The lowest BCUT2D eigenvalue weighted by molar-refractivity contribution is 0.0216. The number of carbonyl (C=O) groups is 1. The molecule has 0 aliphatic carbocycles. The normalized spacial score (nSPS) is 10.7. The van der Waals surface area contributed by atoms with Crippen LogP contribution in [0.15, 0.2) is 67.0 Å². The van der Waals surface area contributed by atoms with E-state index in [0.29, 0.717) is 18.7 Å². The lowest BCUT2D eigenvalue weighted by Gasteiger charge is -2.27. The van der Waals surface area contributed by atoms with Crippen LogP contribution in [-0.4, -0.2) is 26.6 Å². The van der Waals surface area contributed by atoms with Gasteiger partial charge in [-0.3, -0.25) is 4.90 Å². The summed E-state index contributed by atoms with van der Waals surface area (Å²) in [7, 11) is 0. The van der Waals surface area contributed by atoms with Gasteiger partial charge in [0.05, 0.1) is 5.56 Å². The first-order valence-electron chi connectivity index (χ1n) is 9.99. The van der Waals surface area contributed by atoms with E-state index >= 15 is 0 Å². The molecular weight excluding hydrogens is 388 g/mol. The minimum atomic E-state index is -0.569. The van der Waals surface area contributed by atoms with Crippen LogP contribution in [0.5, 0.6) is 0 Å². The van der Waals surface area contributed by atoms with Crippen LogP contribution in [0.25, 0.3) is 0 Å². The fourth-order valence-electron chi connectivity index (χ4n) is 2.83. The van der Waals surface area contributed by atoms with Crippen LogP contribution in [0.1, 0.15) is 43.0 Å². The van der Waals surface area contributed by atoms with Crippen molar-refractivity contribution in [1.29, 1.82) is 0 Å². The number of ether oxygens (including phenoxy) is 1. The Kier molecular flexibility index (Phi) is 6.88. The molecule has 0 bridgehead atoms. The van der Waals surface area contributed by atoms with Gasteiger partial charge in [0.2, 0.25) is 5.95 Å². The van der Waals surface area contributed by atoms with Crippen molar-refractivity contribution in [2.45, 2.75) is 39.5 Å². The zero-order chi connectivity index (χ0) is 22.3. The van der Waals surface area contributed by atoms with Gasteiger partial charge in [0, 0.05) is 31.0 Å². The average Bonchev–Trinajstić information content (AvgIpc) is 2.73. The predicted molar refractivity (Wildman–Crippen MR) is 121 cm³/mol. The second-order valence-electron chi connectivity index (χ2n) is 8.10. The molecule has 2 aromatic carbocycles. The molecular formula is C25H26N4O2. The lowest BCUT2D eigenvalue weighted by Crippen LogP contribution is -2.36. The highest BCUT2D eigenvalue weighted by Gasteiger charge is 2.22. The molecule has 0 radical (unpaired) electrons. The van der Waals surface area contributed by atoms with Crippen molar-refractivity contribution in [1.82, 2.24) is 14.9 Å². The zero-order valence-electron chi connectivity index (χ0n) is 18.0. The molecule has 2 N–H and O–H groups in total. The number of benzene rings is 2. The predicted octanol–water partition coefficient (Wildman–Crippen LogP) is 4.40. The lowest BCUT2D eigenvalue weighted by atomic mass is 10.1. The van der Waals surface area contributed by atoms with Crippen molar-refractivity contribution >= 4 is 12.0 Å². The molecule has 6 nitrogen and oxygen atoms in total. The van der Waals surface area contributed by atoms with E-state index in [1.54, 1.807) is 17.3 Å². The van der Waals surface area contributed by atoms with Crippen molar-refractivity contribution < 1.29 is 9.53 Å². The van der Waals surface area contributed by atoms with Gasteiger partial charge < -0.3 is 10.5 Å². The Balaban J connectivity index is 1.79. The quantitative estimate of drug-likeness (QED) is 0.640. The average molecular weight is 415 g/mol. The first-order valence-corrected chi connectivity index (χ1v) is 9.99. The van der Waals surface area contributed by atoms with E-state index in [4.69, 9.17) is 10.5 Å². The van der Waals surface area contributed by atoms with Crippen LogP contribution >= 0.6 is 0 Å². The molecule has 158 valence electrons. The maximum absolute atomic E-state index is 12.8. The molecule has 0 unspecified atom stereocenters. The van der Waals surface area contributed by atoms with Gasteiger partial charge in [0.25, 0.3) is 0 Å². The molecule has 0 spiro atoms. The van der Waals surface area contributed by atoms with Crippen LogP contribution in [0.3, 0.4) is 0 Å².